The summed E-state index contributed by atoms with van der Waals surface area (Å²) in [4.78, 5) is 28.9. The van der Waals surface area contributed by atoms with Crippen LogP contribution in [0.25, 0.3) is 12.2 Å². The molecule has 2 aromatic carbocycles. The summed E-state index contributed by atoms with van der Waals surface area (Å²) in [6.07, 6.45) is 3.53. The molecule has 0 aliphatic carbocycles. The number of nitrogens with one attached hydrogen (secondary N) is 1. The minimum atomic E-state index is -0.568. The van der Waals surface area contributed by atoms with Gasteiger partial charge in [-0.15, -0.1) is 0 Å². The number of halogens is 1. The van der Waals surface area contributed by atoms with Crippen molar-refractivity contribution < 1.29 is 18.7 Å². The number of amides is 2. The lowest BCUT2D eigenvalue weighted by Gasteiger charge is -2.42. The summed E-state index contributed by atoms with van der Waals surface area (Å²) in [7, 11) is 0. The molecule has 2 aromatic rings. The van der Waals surface area contributed by atoms with Crippen LogP contribution in [0, 0.1) is 5.82 Å². The van der Waals surface area contributed by atoms with Gasteiger partial charge in [-0.1, -0.05) is 36.4 Å². The first-order valence-electron chi connectivity index (χ1n) is 10.8. The monoisotopic (exact) mass is 437 g/mol. The number of carbonyl (C=O) groups is 2. The summed E-state index contributed by atoms with van der Waals surface area (Å²) < 4.78 is 19.5. The van der Waals surface area contributed by atoms with Crippen molar-refractivity contribution in [2.24, 2.45) is 0 Å². The topological polar surface area (TPSA) is 61.9 Å². The van der Waals surface area contributed by atoms with E-state index in [1.54, 1.807) is 29.2 Å². The second-order valence-corrected chi connectivity index (χ2v) is 9.16. The number of piperazine rings is 1. The first-order chi connectivity index (χ1) is 15.2. The molecular formula is C25H28FN3O3. The molecule has 7 heteroatoms. The van der Waals surface area contributed by atoms with Gasteiger partial charge in [-0.25, -0.2) is 9.18 Å². The number of carbonyl (C=O) groups excluding carboxylic acids is 2. The van der Waals surface area contributed by atoms with E-state index >= 15 is 0 Å². The number of hydrogen-bond donors (Lipinski definition) is 1. The maximum absolute atomic E-state index is 13.9. The molecule has 1 fully saturated rings. The van der Waals surface area contributed by atoms with Crippen LogP contribution in [0.5, 0.6) is 0 Å². The van der Waals surface area contributed by atoms with E-state index in [4.69, 9.17) is 4.74 Å². The van der Waals surface area contributed by atoms with Crippen molar-refractivity contribution in [2.45, 2.75) is 38.8 Å². The van der Waals surface area contributed by atoms with Crippen LogP contribution >= 0.6 is 0 Å². The van der Waals surface area contributed by atoms with Crippen LogP contribution in [-0.4, -0.2) is 48.2 Å². The summed E-state index contributed by atoms with van der Waals surface area (Å²) in [5.74, 6) is -0.358. The molecule has 168 valence electrons. The lowest BCUT2D eigenvalue weighted by molar-refractivity contribution is -0.116. The van der Waals surface area contributed by atoms with Gasteiger partial charge in [-0.3, -0.25) is 4.79 Å². The van der Waals surface area contributed by atoms with Crippen molar-refractivity contribution in [3.05, 3.63) is 59.4 Å². The highest BCUT2D eigenvalue weighted by atomic mass is 19.1. The van der Waals surface area contributed by atoms with Crippen molar-refractivity contribution in [1.29, 1.82) is 0 Å². The third-order valence-electron chi connectivity index (χ3n) is 5.52. The van der Waals surface area contributed by atoms with Gasteiger partial charge in [0.25, 0.3) is 0 Å². The van der Waals surface area contributed by atoms with Gasteiger partial charge in [0.05, 0.1) is 17.4 Å². The van der Waals surface area contributed by atoms with Gasteiger partial charge in [0.15, 0.2) is 0 Å². The molecule has 2 aliphatic rings. The molecule has 1 atom stereocenters. The van der Waals surface area contributed by atoms with Crippen molar-refractivity contribution in [2.75, 3.05) is 29.9 Å². The van der Waals surface area contributed by atoms with Gasteiger partial charge in [0.1, 0.15) is 11.4 Å². The van der Waals surface area contributed by atoms with Crippen LogP contribution in [0.4, 0.5) is 20.6 Å². The van der Waals surface area contributed by atoms with Crippen LogP contribution in [0.1, 0.15) is 38.3 Å². The molecule has 2 heterocycles. The Morgan fingerprint density at radius 2 is 1.94 bits per heavy atom. The Hall–Kier alpha value is -3.35. The van der Waals surface area contributed by atoms with E-state index in [9.17, 15) is 14.0 Å². The Labute approximate surface area is 187 Å². The summed E-state index contributed by atoms with van der Waals surface area (Å²) in [5.41, 5.74) is 2.49. The third kappa shape index (κ3) is 4.93. The zero-order valence-electron chi connectivity index (χ0n) is 18.6. The fourth-order valence-electron chi connectivity index (χ4n) is 4.05. The molecule has 2 aliphatic heterocycles. The second-order valence-electron chi connectivity index (χ2n) is 9.16. The SMILES string of the molecule is CC(C)(C)OC(=O)N1CCN2c3cc(/C=C/c4ccccc4F)ccc3NC(=O)CC2C1. The van der Waals surface area contributed by atoms with Gasteiger partial charge in [0, 0.05) is 31.6 Å². The number of hydrogen-bond acceptors (Lipinski definition) is 4. The standard InChI is InChI=1S/C25H28FN3O3/c1-25(2,3)32-24(31)28-12-13-29-19(16-28)15-23(30)27-21-11-9-17(14-22(21)29)8-10-18-6-4-5-7-20(18)26/h4-11,14,19H,12-13,15-16H2,1-3H3,(H,27,30)/b10-8+. The molecule has 2 amide bonds. The predicted octanol–water partition coefficient (Wildman–Crippen LogP) is 4.76. The number of anilines is 2. The quantitative estimate of drug-likeness (QED) is 0.688. The molecule has 0 radical (unpaired) electrons. The van der Waals surface area contributed by atoms with Crippen molar-refractivity contribution >= 4 is 35.5 Å². The summed E-state index contributed by atoms with van der Waals surface area (Å²) in [6, 6.07) is 12.2. The van der Waals surface area contributed by atoms with Gasteiger partial charge in [-0.2, -0.15) is 0 Å². The molecule has 0 spiro atoms. The highest BCUT2D eigenvalue weighted by Gasteiger charge is 2.36. The number of rotatable bonds is 2. The highest BCUT2D eigenvalue weighted by molar-refractivity contribution is 5.97. The van der Waals surface area contributed by atoms with Gasteiger partial charge in [0.2, 0.25) is 5.91 Å². The molecule has 0 bridgehead atoms. The van der Waals surface area contributed by atoms with Crippen LogP contribution in [-0.2, 0) is 9.53 Å². The maximum atomic E-state index is 13.9. The fourth-order valence-corrected chi connectivity index (χ4v) is 4.05. The smallest absolute Gasteiger partial charge is 0.410 e. The largest absolute Gasteiger partial charge is 0.444 e. The van der Waals surface area contributed by atoms with Crippen molar-refractivity contribution in [3.8, 4) is 0 Å². The van der Waals surface area contributed by atoms with E-state index in [-0.39, 0.29) is 30.3 Å². The van der Waals surface area contributed by atoms with E-state index in [0.29, 0.717) is 25.2 Å². The van der Waals surface area contributed by atoms with Crippen molar-refractivity contribution in [1.82, 2.24) is 4.90 Å². The Kier molecular flexibility index (Phi) is 5.91. The van der Waals surface area contributed by atoms with E-state index in [0.717, 1.165) is 16.9 Å². The molecule has 1 saturated heterocycles. The number of nitrogens with zero attached hydrogens (tertiary/aromatic N) is 2. The van der Waals surface area contributed by atoms with Gasteiger partial charge in [-0.05, 0) is 44.5 Å². The molecular weight excluding hydrogens is 409 g/mol. The number of ether oxygens (including phenoxy) is 1. The van der Waals surface area contributed by atoms with E-state index in [1.165, 1.54) is 6.07 Å². The fraction of sp³-hybridized carbons (Fsp3) is 0.360. The predicted molar refractivity (Wildman–Crippen MR) is 124 cm³/mol. The van der Waals surface area contributed by atoms with Gasteiger partial charge >= 0.3 is 6.09 Å². The minimum Gasteiger partial charge on any atom is -0.444 e. The van der Waals surface area contributed by atoms with Crippen LogP contribution in [0.2, 0.25) is 0 Å². The lowest BCUT2D eigenvalue weighted by Crippen LogP contribution is -2.55. The average Bonchev–Trinajstić information content (AvgIpc) is 2.86. The minimum absolute atomic E-state index is 0.0839. The summed E-state index contributed by atoms with van der Waals surface area (Å²) in [5, 5.41) is 2.97. The highest BCUT2D eigenvalue weighted by Crippen LogP contribution is 2.34. The zero-order chi connectivity index (χ0) is 22.9. The van der Waals surface area contributed by atoms with E-state index in [1.807, 2.05) is 45.0 Å². The van der Waals surface area contributed by atoms with E-state index in [2.05, 4.69) is 10.2 Å². The number of benzene rings is 2. The van der Waals surface area contributed by atoms with Crippen molar-refractivity contribution in [3.63, 3.8) is 0 Å². The third-order valence-corrected chi connectivity index (χ3v) is 5.52. The van der Waals surface area contributed by atoms with Crippen LogP contribution in [0.3, 0.4) is 0 Å². The van der Waals surface area contributed by atoms with Crippen LogP contribution in [0.15, 0.2) is 42.5 Å². The number of fused-ring (bicyclic) bond motifs is 3. The Morgan fingerprint density at radius 1 is 1.16 bits per heavy atom. The average molecular weight is 438 g/mol. The molecule has 4 rings (SSSR count). The molecule has 32 heavy (non-hydrogen) atoms. The van der Waals surface area contributed by atoms with Gasteiger partial charge < -0.3 is 19.9 Å². The molecule has 1 unspecified atom stereocenters. The normalized spacial score (nSPS) is 18.6. The molecule has 1 N–H and O–H groups in total. The zero-order valence-corrected chi connectivity index (χ0v) is 18.6. The molecule has 0 saturated carbocycles. The Bertz CT molecular complexity index is 1060. The summed E-state index contributed by atoms with van der Waals surface area (Å²) >= 11 is 0. The molecule has 0 aromatic heterocycles. The Balaban J connectivity index is 1.57. The van der Waals surface area contributed by atoms with Crippen LogP contribution < -0.4 is 10.2 Å². The lowest BCUT2D eigenvalue weighted by atomic mass is 10.1. The second kappa shape index (κ2) is 8.65. The molecule has 6 nitrogen and oxygen atoms in total. The van der Waals surface area contributed by atoms with E-state index < -0.39 is 5.60 Å². The Morgan fingerprint density at radius 3 is 2.69 bits per heavy atom. The maximum Gasteiger partial charge on any atom is 0.410 e. The summed E-state index contributed by atoms with van der Waals surface area (Å²) in [6.45, 7) is 7.03. The first-order valence-corrected chi connectivity index (χ1v) is 10.8. The first kappa shape index (κ1) is 21.9.